The van der Waals surface area contributed by atoms with Crippen molar-refractivity contribution in [3.63, 3.8) is 0 Å². The summed E-state index contributed by atoms with van der Waals surface area (Å²) in [5, 5.41) is 11.8. The third kappa shape index (κ3) is 4.91. The fourth-order valence-electron chi connectivity index (χ4n) is 1.58. The van der Waals surface area contributed by atoms with Crippen LogP contribution in [-0.4, -0.2) is 12.6 Å². The van der Waals surface area contributed by atoms with E-state index >= 15 is 0 Å². The van der Waals surface area contributed by atoms with Gasteiger partial charge in [-0.05, 0) is 24.1 Å². The summed E-state index contributed by atoms with van der Waals surface area (Å²) in [6.07, 6.45) is 7.08. The van der Waals surface area contributed by atoms with Crippen LogP contribution in [0.25, 0.3) is 0 Å². The summed E-state index contributed by atoms with van der Waals surface area (Å²) in [4.78, 5) is 0. The van der Waals surface area contributed by atoms with Crippen LogP contribution in [0, 0.1) is 23.7 Å². The molecule has 0 spiro atoms. The van der Waals surface area contributed by atoms with E-state index in [1.165, 1.54) is 5.56 Å². The zero-order chi connectivity index (χ0) is 13.2. The molecule has 0 aliphatic carbocycles. The van der Waals surface area contributed by atoms with Gasteiger partial charge in [0, 0.05) is 19.0 Å². The van der Waals surface area contributed by atoms with Crippen LogP contribution in [0.15, 0.2) is 24.3 Å². The molecule has 0 saturated carbocycles. The molecule has 0 saturated heterocycles. The Morgan fingerprint density at radius 1 is 1.39 bits per heavy atom. The maximum atomic E-state index is 8.40. The van der Waals surface area contributed by atoms with Crippen LogP contribution in [0.4, 0.5) is 0 Å². The van der Waals surface area contributed by atoms with E-state index in [1.807, 2.05) is 30.3 Å². The fourth-order valence-corrected chi connectivity index (χ4v) is 1.58. The molecule has 3 nitrogen and oxygen atoms in total. The van der Waals surface area contributed by atoms with Crippen LogP contribution in [-0.2, 0) is 6.54 Å². The Morgan fingerprint density at radius 3 is 2.67 bits per heavy atom. The molecular weight excluding hydrogens is 224 g/mol. The first-order valence-corrected chi connectivity index (χ1v) is 6.05. The van der Waals surface area contributed by atoms with Crippen LogP contribution in [0.3, 0.4) is 0 Å². The average Bonchev–Trinajstić information content (AvgIpc) is 2.42. The molecule has 18 heavy (non-hydrogen) atoms. The number of nitriles is 1. The first kappa shape index (κ1) is 14.1. The van der Waals surface area contributed by atoms with Crippen molar-refractivity contribution in [1.82, 2.24) is 5.32 Å². The first-order valence-electron chi connectivity index (χ1n) is 6.05. The molecule has 1 aromatic carbocycles. The maximum absolute atomic E-state index is 8.40. The van der Waals surface area contributed by atoms with Crippen molar-refractivity contribution in [2.45, 2.75) is 32.4 Å². The quantitative estimate of drug-likeness (QED) is 0.747. The summed E-state index contributed by atoms with van der Waals surface area (Å²) < 4.78 is 5.19. The van der Waals surface area contributed by atoms with Gasteiger partial charge in [-0.1, -0.05) is 19.1 Å². The maximum Gasteiger partial charge on any atom is 0.174 e. The van der Waals surface area contributed by atoms with Crippen LogP contribution in [0.1, 0.15) is 25.3 Å². The van der Waals surface area contributed by atoms with Gasteiger partial charge in [0.2, 0.25) is 0 Å². The first-order chi connectivity index (χ1) is 8.80. The SMILES string of the molecule is C#CCC(CC)NCc1ccc(OCC#N)cc1. The van der Waals surface area contributed by atoms with Crippen molar-refractivity contribution in [2.75, 3.05) is 6.61 Å². The molecule has 0 aliphatic heterocycles. The fraction of sp³-hybridized carbons (Fsp3) is 0.400. The van der Waals surface area contributed by atoms with Crippen LogP contribution in [0.2, 0.25) is 0 Å². The van der Waals surface area contributed by atoms with Gasteiger partial charge in [-0.15, -0.1) is 12.3 Å². The minimum atomic E-state index is 0.0810. The number of nitrogens with one attached hydrogen (secondary N) is 1. The van der Waals surface area contributed by atoms with Crippen molar-refractivity contribution < 1.29 is 4.74 Å². The van der Waals surface area contributed by atoms with Gasteiger partial charge in [0.15, 0.2) is 6.61 Å². The van der Waals surface area contributed by atoms with Crippen molar-refractivity contribution in [2.24, 2.45) is 0 Å². The summed E-state index contributed by atoms with van der Waals surface area (Å²) >= 11 is 0. The van der Waals surface area contributed by atoms with Gasteiger partial charge in [0.1, 0.15) is 11.8 Å². The Balaban J connectivity index is 2.44. The highest BCUT2D eigenvalue weighted by Gasteiger charge is 2.03. The van der Waals surface area contributed by atoms with Crippen molar-refractivity contribution in [1.29, 1.82) is 5.26 Å². The minimum absolute atomic E-state index is 0.0810. The number of nitrogens with zero attached hydrogens (tertiary/aromatic N) is 1. The lowest BCUT2D eigenvalue weighted by molar-refractivity contribution is 0.368. The molecule has 94 valence electrons. The highest BCUT2D eigenvalue weighted by Crippen LogP contribution is 2.12. The molecule has 0 fully saturated rings. The molecule has 3 heteroatoms. The predicted molar refractivity (Wildman–Crippen MR) is 71.9 cm³/mol. The number of rotatable bonds is 7. The molecule has 0 bridgehead atoms. The average molecular weight is 242 g/mol. The highest BCUT2D eigenvalue weighted by atomic mass is 16.5. The Labute approximate surface area is 109 Å². The summed E-state index contributed by atoms with van der Waals surface area (Å²) in [5.74, 6) is 3.39. The Kier molecular flexibility index (Phi) is 6.40. The van der Waals surface area contributed by atoms with Gasteiger partial charge in [0.05, 0.1) is 0 Å². The second-order valence-electron chi connectivity index (χ2n) is 3.99. The smallest absolute Gasteiger partial charge is 0.174 e. The van der Waals surface area contributed by atoms with Crippen LogP contribution < -0.4 is 10.1 Å². The molecule has 0 radical (unpaired) electrons. The van der Waals surface area contributed by atoms with Crippen molar-refractivity contribution >= 4 is 0 Å². The third-order valence-corrected chi connectivity index (χ3v) is 2.68. The summed E-state index contributed by atoms with van der Waals surface area (Å²) in [6, 6.07) is 10.0. The predicted octanol–water partition coefficient (Wildman–Crippen LogP) is 2.48. The minimum Gasteiger partial charge on any atom is -0.479 e. The summed E-state index contributed by atoms with van der Waals surface area (Å²) in [6.45, 7) is 2.99. The van der Waals surface area contributed by atoms with Crippen molar-refractivity contribution in [3.8, 4) is 24.2 Å². The Morgan fingerprint density at radius 2 is 2.11 bits per heavy atom. The van der Waals surface area contributed by atoms with Gasteiger partial charge < -0.3 is 10.1 Å². The number of hydrogen-bond donors (Lipinski definition) is 1. The normalized spacial score (nSPS) is 11.3. The lowest BCUT2D eigenvalue weighted by atomic mass is 10.1. The van der Waals surface area contributed by atoms with Gasteiger partial charge >= 0.3 is 0 Å². The van der Waals surface area contributed by atoms with Gasteiger partial charge in [0.25, 0.3) is 0 Å². The number of hydrogen-bond acceptors (Lipinski definition) is 3. The second-order valence-corrected chi connectivity index (χ2v) is 3.99. The van der Waals surface area contributed by atoms with E-state index in [4.69, 9.17) is 16.4 Å². The number of benzene rings is 1. The van der Waals surface area contributed by atoms with E-state index in [0.717, 1.165) is 25.1 Å². The molecule has 0 aromatic heterocycles. The van der Waals surface area contributed by atoms with Crippen LogP contribution >= 0.6 is 0 Å². The summed E-state index contributed by atoms with van der Waals surface area (Å²) in [7, 11) is 0. The van der Waals surface area contributed by atoms with Gasteiger partial charge in [-0.2, -0.15) is 5.26 Å². The molecule has 1 N–H and O–H groups in total. The molecule has 1 rings (SSSR count). The number of ether oxygens (including phenoxy) is 1. The van der Waals surface area contributed by atoms with E-state index in [0.29, 0.717) is 6.04 Å². The zero-order valence-corrected chi connectivity index (χ0v) is 10.6. The molecular formula is C15H18N2O. The van der Waals surface area contributed by atoms with Gasteiger partial charge in [-0.25, -0.2) is 0 Å². The topological polar surface area (TPSA) is 45.0 Å². The summed E-state index contributed by atoms with van der Waals surface area (Å²) in [5.41, 5.74) is 1.18. The number of terminal acetylenes is 1. The third-order valence-electron chi connectivity index (χ3n) is 2.68. The van der Waals surface area contributed by atoms with E-state index in [2.05, 4.69) is 18.2 Å². The van der Waals surface area contributed by atoms with E-state index < -0.39 is 0 Å². The standard InChI is InChI=1S/C15H18N2O/c1-3-5-14(4-2)17-12-13-6-8-15(9-7-13)18-11-10-16/h1,6-9,14,17H,4-5,11-12H2,2H3. The lowest BCUT2D eigenvalue weighted by Crippen LogP contribution is -2.27. The largest absolute Gasteiger partial charge is 0.479 e. The highest BCUT2D eigenvalue weighted by molar-refractivity contribution is 5.27. The molecule has 0 aliphatic rings. The monoisotopic (exact) mass is 242 g/mol. The molecule has 1 atom stereocenters. The second kappa shape index (κ2) is 8.17. The van der Waals surface area contributed by atoms with Crippen molar-refractivity contribution in [3.05, 3.63) is 29.8 Å². The van der Waals surface area contributed by atoms with E-state index in [1.54, 1.807) is 0 Å². The van der Waals surface area contributed by atoms with Gasteiger partial charge in [-0.3, -0.25) is 0 Å². The van der Waals surface area contributed by atoms with E-state index in [-0.39, 0.29) is 6.61 Å². The Hall–Kier alpha value is -1.97. The molecule has 0 heterocycles. The molecule has 1 unspecified atom stereocenters. The Bertz CT molecular complexity index is 425. The van der Waals surface area contributed by atoms with E-state index in [9.17, 15) is 0 Å². The molecule has 1 aromatic rings. The lowest BCUT2D eigenvalue weighted by Gasteiger charge is -2.14. The molecule has 0 amide bonds. The zero-order valence-electron chi connectivity index (χ0n) is 10.6. The van der Waals surface area contributed by atoms with Crippen LogP contribution in [0.5, 0.6) is 5.75 Å².